The predicted octanol–water partition coefficient (Wildman–Crippen LogP) is 5.83. The van der Waals surface area contributed by atoms with Crippen molar-refractivity contribution in [3.05, 3.63) is 92.8 Å². The third kappa shape index (κ3) is 6.57. The number of Topliss-reactive ketones (excluding diaryl/α,β-unsaturated/α-hetero) is 1. The first-order chi connectivity index (χ1) is 14.2. The maximum absolute atomic E-state index is 12.2. The van der Waals surface area contributed by atoms with Gasteiger partial charge < -0.3 is 14.6 Å². The highest BCUT2D eigenvalue weighted by atomic mass is 79.9. The maximum Gasteiger partial charge on any atom is 0.372 e. The molecular formula is C22H18BrClO6. The molecule has 2 N–H and O–H groups in total. The lowest BCUT2D eigenvalue weighted by Crippen LogP contribution is -2.16. The van der Waals surface area contributed by atoms with Gasteiger partial charge in [-0.15, -0.1) is 0 Å². The van der Waals surface area contributed by atoms with Gasteiger partial charge in [-0.3, -0.25) is 9.59 Å². The van der Waals surface area contributed by atoms with Crippen LogP contribution in [0.15, 0.2) is 69.8 Å². The Hall–Kier alpha value is -2.90. The van der Waals surface area contributed by atoms with Crippen LogP contribution in [0.2, 0.25) is 5.02 Å². The molecule has 0 aliphatic rings. The van der Waals surface area contributed by atoms with E-state index in [9.17, 15) is 19.5 Å². The quantitative estimate of drug-likeness (QED) is 0.419. The van der Waals surface area contributed by atoms with Crippen molar-refractivity contribution in [2.45, 2.75) is 19.3 Å². The fourth-order valence-electron chi connectivity index (χ4n) is 2.57. The third-order valence-electron chi connectivity index (χ3n) is 4.18. The second-order valence-corrected chi connectivity index (χ2v) is 7.67. The minimum absolute atomic E-state index is 0.0231. The molecular weight excluding hydrogens is 476 g/mol. The molecule has 0 aliphatic carbocycles. The Balaban J connectivity index is 0.000000297. The van der Waals surface area contributed by atoms with Crippen molar-refractivity contribution in [3.63, 3.8) is 0 Å². The van der Waals surface area contributed by atoms with Gasteiger partial charge in [0, 0.05) is 27.0 Å². The zero-order chi connectivity index (χ0) is 22.3. The zero-order valence-electron chi connectivity index (χ0n) is 15.8. The largest absolute Gasteiger partial charge is 0.481 e. The normalized spacial score (nSPS) is 11.2. The monoisotopic (exact) mass is 492 g/mol. The van der Waals surface area contributed by atoms with Crippen LogP contribution in [0.1, 0.15) is 44.4 Å². The van der Waals surface area contributed by atoms with Crippen LogP contribution in [0.5, 0.6) is 0 Å². The summed E-state index contributed by atoms with van der Waals surface area (Å²) < 4.78 is 5.49. The van der Waals surface area contributed by atoms with Crippen molar-refractivity contribution in [3.8, 4) is 0 Å². The van der Waals surface area contributed by atoms with Crippen molar-refractivity contribution in [1.29, 1.82) is 0 Å². The van der Waals surface area contributed by atoms with Gasteiger partial charge in [-0.2, -0.15) is 0 Å². The average molecular weight is 494 g/mol. The zero-order valence-corrected chi connectivity index (χ0v) is 18.2. The van der Waals surface area contributed by atoms with Crippen molar-refractivity contribution in [2.24, 2.45) is 0 Å². The second-order valence-electron chi connectivity index (χ2n) is 6.31. The summed E-state index contributed by atoms with van der Waals surface area (Å²) in [6.45, 7) is 1.69. The summed E-state index contributed by atoms with van der Waals surface area (Å²) in [5, 5.41) is 18.2. The SMILES string of the molecule is Cc1ccoc1C(=O)O.O=C(CC(C(=O)O)c1ccc(Br)cc1)c1ccc(Cl)cc1. The van der Waals surface area contributed by atoms with Gasteiger partial charge in [0.1, 0.15) is 0 Å². The maximum atomic E-state index is 12.2. The lowest BCUT2D eigenvalue weighted by molar-refractivity contribution is -0.138. The predicted molar refractivity (Wildman–Crippen MR) is 115 cm³/mol. The first-order valence-electron chi connectivity index (χ1n) is 8.73. The first-order valence-corrected chi connectivity index (χ1v) is 9.90. The van der Waals surface area contributed by atoms with Gasteiger partial charge in [-0.1, -0.05) is 39.7 Å². The van der Waals surface area contributed by atoms with Crippen molar-refractivity contribution < 1.29 is 29.0 Å². The van der Waals surface area contributed by atoms with E-state index in [2.05, 4.69) is 20.3 Å². The van der Waals surface area contributed by atoms with E-state index < -0.39 is 17.9 Å². The summed E-state index contributed by atoms with van der Waals surface area (Å²) in [4.78, 5) is 33.8. The molecule has 3 rings (SSSR count). The second kappa shape index (κ2) is 10.8. The number of furan rings is 1. The summed E-state index contributed by atoms with van der Waals surface area (Å²) in [6, 6.07) is 15.0. The molecule has 2 aromatic carbocycles. The van der Waals surface area contributed by atoms with E-state index in [0.717, 1.165) is 4.47 Å². The van der Waals surface area contributed by atoms with Crippen molar-refractivity contribution >= 4 is 45.3 Å². The minimum atomic E-state index is -1.02. The Labute approximate surface area is 186 Å². The third-order valence-corrected chi connectivity index (χ3v) is 4.96. The Morgan fingerprint density at radius 1 is 1.00 bits per heavy atom. The van der Waals surface area contributed by atoms with E-state index in [1.165, 1.54) is 6.26 Å². The van der Waals surface area contributed by atoms with Gasteiger partial charge in [0.15, 0.2) is 5.78 Å². The number of benzene rings is 2. The molecule has 0 saturated carbocycles. The number of aliphatic carboxylic acids is 1. The fraction of sp³-hybridized carbons (Fsp3) is 0.136. The highest BCUT2D eigenvalue weighted by Gasteiger charge is 2.23. The van der Waals surface area contributed by atoms with Gasteiger partial charge in [-0.25, -0.2) is 4.79 Å². The first kappa shape index (κ1) is 23.4. The molecule has 30 heavy (non-hydrogen) atoms. The van der Waals surface area contributed by atoms with E-state index in [0.29, 0.717) is 21.7 Å². The number of hydrogen-bond acceptors (Lipinski definition) is 4. The molecule has 156 valence electrons. The van der Waals surface area contributed by atoms with Crippen LogP contribution in [0.3, 0.4) is 0 Å². The van der Waals surface area contributed by atoms with Gasteiger partial charge in [0.05, 0.1) is 12.2 Å². The summed E-state index contributed by atoms with van der Waals surface area (Å²) in [5.74, 6) is -3.09. The van der Waals surface area contributed by atoms with Crippen molar-refractivity contribution in [2.75, 3.05) is 0 Å². The van der Waals surface area contributed by atoms with E-state index in [4.69, 9.17) is 16.7 Å². The van der Waals surface area contributed by atoms with E-state index in [1.54, 1.807) is 61.5 Å². The molecule has 0 amide bonds. The molecule has 3 aromatic rings. The molecule has 0 bridgehead atoms. The molecule has 1 heterocycles. The van der Waals surface area contributed by atoms with Crippen LogP contribution >= 0.6 is 27.5 Å². The van der Waals surface area contributed by atoms with Crippen LogP contribution in [0.4, 0.5) is 0 Å². The molecule has 0 saturated heterocycles. The summed E-state index contributed by atoms with van der Waals surface area (Å²) in [7, 11) is 0. The standard InChI is InChI=1S/C16H12BrClO3.C6H6O3/c17-12-5-1-10(2-6-12)14(16(20)21)9-15(19)11-3-7-13(18)8-4-11;1-4-2-3-9-5(4)6(7)8/h1-8,14H,9H2,(H,20,21);2-3H,1H3,(H,7,8). The molecule has 6 nitrogen and oxygen atoms in total. The molecule has 1 aromatic heterocycles. The lowest BCUT2D eigenvalue weighted by Gasteiger charge is -2.12. The van der Waals surface area contributed by atoms with Crippen LogP contribution in [0, 0.1) is 6.92 Å². The molecule has 0 spiro atoms. The van der Waals surface area contributed by atoms with Crippen LogP contribution in [0.25, 0.3) is 0 Å². The number of carbonyl (C=O) groups is 3. The summed E-state index contributed by atoms with van der Waals surface area (Å²) in [5.41, 5.74) is 1.72. The van der Waals surface area contributed by atoms with Crippen LogP contribution in [-0.4, -0.2) is 27.9 Å². The molecule has 0 fully saturated rings. The average Bonchev–Trinajstić information content (AvgIpc) is 3.14. The van der Waals surface area contributed by atoms with Gasteiger partial charge in [0.25, 0.3) is 0 Å². The number of carbonyl (C=O) groups excluding carboxylic acids is 1. The molecule has 8 heteroatoms. The fourth-order valence-corrected chi connectivity index (χ4v) is 2.96. The van der Waals surface area contributed by atoms with Crippen LogP contribution < -0.4 is 0 Å². The molecule has 1 atom stereocenters. The smallest absolute Gasteiger partial charge is 0.372 e. The Morgan fingerprint density at radius 3 is 2.03 bits per heavy atom. The summed E-state index contributed by atoms with van der Waals surface area (Å²) in [6.07, 6.45) is 1.28. The van der Waals surface area contributed by atoms with E-state index in [-0.39, 0.29) is 18.0 Å². The molecule has 0 radical (unpaired) electrons. The molecule has 0 aliphatic heterocycles. The van der Waals surface area contributed by atoms with E-state index >= 15 is 0 Å². The number of halogens is 2. The number of aryl methyl sites for hydroxylation is 1. The number of carboxylic acid groups (broad SMARTS) is 2. The number of carboxylic acids is 2. The van der Waals surface area contributed by atoms with E-state index in [1.807, 2.05) is 0 Å². The number of ketones is 1. The Bertz CT molecular complexity index is 1020. The number of aromatic carboxylic acids is 1. The Kier molecular flexibility index (Phi) is 8.38. The minimum Gasteiger partial charge on any atom is -0.481 e. The number of rotatable bonds is 6. The lowest BCUT2D eigenvalue weighted by atomic mass is 9.92. The number of hydrogen-bond donors (Lipinski definition) is 2. The molecule has 1 unspecified atom stereocenters. The van der Waals surface area contributed by atoms with Gasteiger partial charge >= 0.3 is 11.9 Å². The summed E-state index contributed by atoms with van der Waals surface area (Å²) >= 11 is 9.07. The van der Waals surface area contributed by atoms with Crippen molar-refractivity contribution in [1.82, 2.24) is 0 Å². The van der Waals surface area contributed by atoms with Crippen LogP contribution in [-0.2, 0) is 4.79 Å². The van der Waals surface area contributed by atoms with Gasteiger partial charge in [0.2, 0.25) is 5.76 Å². The highest BCUT2D eigenvalue weighted by molar-refractivity contribution is 9.10. The van der Waals surface area contributed by atoms with Gasteiger partial charge in [-0.05, 0) is 55.0 Å². The highest BCUT2D eigenvalue weighted by Crippen LogP contribution is 2.24. The topological polar surface area (TPSA) is 105 Å². The Morgan fingerprint density at radius 2 is 1.60 bits per heavy atom.